The maximum absolute atomic E-state index is 13.4. The van der Waals surface area contributed by atoms with Crippen molar-refractivity contribution in [1.82, 2.24) is 14.5 Å². The quantitative estimate of drug-likeness (QED) is 0.469. The third-order valence-electron chi connectivity index (χ3n) is 6.30. The van der Waals surface area contributed by atoms with Crippen molar-refractivity contribution < 1.29 is 9.90 Å². The highest BCUT2D eigenvalue weighted by atomic mass is 16.4. The third kappa shape index (κ3) is 3.67. The number of fused-ring (bicyclic) bond motifs is 2. The van der Waals surface area contributed by atoms with E-state index in [2.05, 4.69) is 15.2 Å². The lowest BCUT2D eigenvalue weighted by atomic mass is 10.0. The van der Waals surface area contributed by atoms with Crippen LogP contribution >= 0.6 is 0 Å². The molecule has 0 saturated heterocycles. The Hall–Kier alpha value is -4.20. The molecule has 0 amide bonds. The first-order valence-electron chi connectivity index (χ1n) is 11.1. The molecular weight excluding hydrogens is 430 g/mol. The second-order valence-corrected chi connectivity index (χ2v) is 8.71. The van der Waals surface area contributed by atoms with E-state index in [1.54, 1.807) is 42.1 Å². The van der Waals surface area contributed by atoms with Crippen molar-refractivity contribution in [2.24, 2.45) is 7.05 Å². The average Bonchev–Trinajstić information content (AvgIpc) is 3.25. The van der Waals surface area contributed by atoms with Crippen LogP contribution in [0.2, 0.25) is 0 Å². The number of para-hydroxylation sites is 1. The van der Waals surface area contributed by atoms with Crippen molar-refractivity contribution in [2.75, 3.05) is 10.2 Å². The number of aryl methyl sites for hydroxylation is 1. The third-order valence-corrected chi connectivity index (χ3v) is 6.30. The molecule has 34 heavy (non-hydrogen) atoms. The van der Waals surface area contributed by atoms with E-state index in [9.17, 15) is 14.7 Å². The van der Waals surface area contributed by atoms with Crippen molar-refractivity contribution >= 4 is 28.5 Å². The fourth-order valence-corrected chi connectivity index (χ4v) is 4.60. The molecule has 4 aromatic rings. The van der Waals surface area contributed by atoms with Gasteiger partial charge in [-0.3, -0.25) is 14.3 Å². The van der Waals surface area contributed by atoms with Crippen LogP contribution in [0.15, 0.2) is 59.5 Å². The summed E-state index contributed by atoms with van der Waals surface area (Å²) in [5.74, 6) is -0.417. The maximum atomic E-state index is 13.4. The molecule has 0 aliphatic carbocycles. The van der Waals surface area contributed by atoms with Gasteiger partial charge in [0.15, 0.2) is 0 Å². The Morgan fingerprint density at radius 1 is 1.15 bits per heavy atom. The summed E-state index contributed by atoms with van der Waals surface area (Å²) in [6.45, 7) is 5.11. The molecule has 0 radical (unpaired) electrons. The number of nitrogens with zero attached hydrogens (tertiary/aromatic N) is 4. The zero-order valence-electron chi connectivity index (χ0n) is 19.2. The molecule has 0 unspecified atom stereocenters. The van der Waals surface area contributed by atoms with E-state index in [-0.39, 0.29) is 17.2 Å². The number of carbonyl (C=O) groups is 1. The first-order valence-corrected chi connectivity index (χ1v) is 11.1. The van der Waals surface area contributed by atoms with E-state index < -0.39 is 5.97 Å². The van der Waals surface area contributed by atoms with Crippen LogP contribution < -0.4 is 15.8 Å². The molecule has 1 atom stereocenters. The molecule has 172 valence electrons. The number of rotatable bonds is 5. The number of anilines is 2. The molecule has 0 spiro atoms. The molecule has 2 aromatic carbocycles. The van der Waals surface area contributed by atoms with Gasteiger partial charge in [0.1, 0.15) is 0 Å². The first-order chi connectivity index (χ1) is 16.3. The Balaban J connectivity index is 1.60. The Morgan fingerprint density at radius 2 is 1.94 bits per heavy atom. The van der Waals surface area contributed by atoms with Crippen LogP contribution in [0.5, 0.6) is 0 Å². The van der Waals surface area contributed by atoms with E-state index in [1.807, 2.05) is 38.1 Å². The summed E-state index contributed by atoms with van der Waals surface area (Å²) < 4.78 is 1.59. The van der Waals surface area contributed by atoms with Gasteiger partial charge < -0.3 is 15.3 Å². The van der Waals surface area contributed by atoms with Gasteiger partial charge in [0, 0.05) is 31.0 Å². The number of pyridine rings is 1. The molecule has 1 aliphatic rings. The van der Waals surface area contributed by atoms with Crippen molar-refractivity contribution in [3.05, 3.63) is 93.0 Å². The summed E-state index contributed by atoms with van der Waals surface area (Å²) in [5, 5.41) is 13.4. The van der Waals surface area contributed by atoms with Gasteiger partial charge in [0.05, 0.1) is 34.7 Å². The fourth-order valence-electron chi connectivity index (χ4n) is 4.60. The molecule has 8 heteroatoms. The Bertz CT molecular complexity index is 1470. The van der Waals surface area contributed by atoms with Crippen LogP contribution in [0.4, 0.5) is 11.6 Å². The number of carboxylic acids is 1. The van der Waals surface area contributed by atoms with E-state index in [1.165, 1.54) is 0 Å². The highest BCUT2D eigenvalue weighted by molar-refractivity contribution is 5.94. The zero-order valence-corrected chi connectivity index (χ0v) is 19.2. The summed E-state index contributed by atoms with van der Waals surface area (Å²) in [7, 11) is 1.74. The van der Waals surface area contributed by atoms with Gasteiger partial charge >= 0.3 is 5.97 Å². The summed E-state index contributed by atoms with van der Waals surface area (Å²) >= 11 is 0. The molecule has 2 N–H and O–H groups in total. The fraction of sp³-hybridized carbons (Fsp3) is 0.231. The van der Waals surface area contributed by atoms with Gasteiger partial charge in [0.2, 0.25) is 5.95 Å². The maximum Gasteiger partial charge on any atom is 0.337 e. The van der Waals surface area contributed by atoms with Gasteiger partial charge in [-0.2, -0.15) is 0 Å². The number of aromatic nitrogens is 3. The smallest absolute Gasteiger partial charge is 0.337 e. The van der Waals surface area contributed by atoms with Crippen molar-refractivity contribution in [3.63, 3.8) is 0 Å². The Labute approximate surface area is 196 Å². The molecule has 0 saturated carbocycles. The predicted octanol–water partition coefficient (Wildman–Crippen LogP) is 4.03. The van der Waals surface area contributed by atoms with Gasteiger partial charge in [-0.15, -0.1) is 0 Å². The molecular formula is C26H25N5O3. The second kappa shape index (κ2) is 8.30. The largest absolute Gasteiger partial charge is 0.478 e. The lowest BCUT2D eigenvalue weighted by Gasteiger charge is -2.23. The van der Waals surface area contributed by atoms with Crippen molar-refractivity contribution in [1.29, 1.82) is 0 Å². The van der Waals surface area contributed by atoms with E-state index in [4.69, 9.17) is 4.98 Å². The number of carboxylic acid groups (broad SMARTS) is 1. The number of hydrogen-bond donors (Lipinski definition) is 2. The van der Waals surface area contributed by atoms with Crippen LogP contribution in [0.3, 0.4) is 0 Å². The highest BCUT2D eigenvalue weighted by Crippen LogP contribution is 2.30. The van der Waals surface area contributed by atoms with Crippen LogP contribution in [0.25, 0.3) is 10.9 Å². The van der Waals surface area contributed by atoms with Crippen LogP contribution in [-0.4, -0.2) is 25.6 Å². The Morgan fingerprint density at radius 3 is 2.71 bits per heavy atom. The minimum Gasteiger partial charge on any atom is -0.478 e. The van der Waals surface area contributed by atoms with E-state index >= 15 is 0 Å². The van der Waals surface area contributed by atoms with Crippen molar-refractivity contribution in [3.8, 4) is 0 Å². The number of hydrogen-bond acceptors (Lipinski definition) is 6. The SMILES string of the molecule is Cc1cc([C@H](C)Nc2ccccc2C(=O)O)c2nc(N3Cc4cccnc4C3)n(C)c(=O)c2c1. The number of benzene rings is 2. The lowest BCUT2D eigenvalue weighted by molar-refractivity contribution is 0.0698. The molecule has 1 aliphatic heterocycles. The number of aromatic carboxylic acids is 1. The average molecular weight is 456 g/mol. The monoisotopic (exact) mass is 455 g/mol. The molecule has 0 fully saturated rings. The van der Waals surface area contributed by atoms with Crippen molar-refractivity contribution in [2.45, 2.75) is 33.0 Å². The van der Waals surface area contributed by atoms with Gasteiger partial charge in [-0.1, -0.05) is 24.3 Å². The molecule has 5 rings (SSSR count). The van der Waals surface area contributed by atoms with E-state index in [0.29, 0.717) is 35.6 Å². The summed E-state index contributed by atoms with van der Waals surface area (Å²) in [5.41, 5.74) is 5.09. The standard InChI is InChI=1S/C26H25N5O3/c1-15-11-19(16(2)28-21-9-5-4-8-18(21)25(33)34)23-20(12-15)24(32)30(3)26(29-23)31-13-17-7-6-10-27-22(17)14-31/h4-12,16,28H,13-14H2,1-3H3,(H,33,34)/t16-/m0/s1. The van der Waals surface area contributed by atoms with Crippen LogP contribution in [0, 0.1) is 6.92 Å². The van der Waals surface area contributed by atoms with E-state index in [0.717, 1.165) is 22.4 Å². The van der Waals surface area contributed by atoms with Crippen LogP contribution in [0.1, 0.15) is 45.7 Å². The number of nitrogens with one attached hydrogen (secondary N) is 1. The van der Waals surface area contributed by atoms with Crippen LogP contribution in [-0.2, 0) is 20.1 Å². The molecule has 3 heterocycles. The molecule has 2 aromatic heterocycles. The summed E-state index contributed by atoms with van der Waals surface area (Å²) in [6.07, 6.45) is 1.78. The highest BCUT2D eigenvalue weighted by Gasteiger charge is 2.25. The summed E-state index contributed by atoms with van der Waals surface area (Å²) in [6, 6.07) is 14.3. The summed E-state index contributed by atoms with van der Waals surface area (Å²) in [4.78, 5) is 36.5. The van der Waals surface area contributed by atoms with Gasteiger partial charge in [-0.25, -0.2) is 9.78 Å². The lowest BCUT2D eigenvalue weighted by Crippen LogP contribution is -2.28. The Kier molecular flexibility index (Phi) is 5.28. The second-order valence-electron chi connectivity index (χ2n) is 8.71. The topological polar surface area (TPSA) is 100 Å². The normalized spacial score (nSPS) is 13.7. The molecule has 8 nitrogen and oxygen atoms in total. The minimum atomic E-state index is -0.999. The molecule has 0 bridgehead atoms. The zero-order chi connectivity index (χ0) is 24.0. The first kappa shape index (κ1) is 21.6. The van der Waals surface area contributed by atoms with Gasteiger partial charge in [0.25, 0.3) is 5.56 Å². The predicted molar refractivity (Wildman–Crippen MR) is 131 cm³/mol. The minimum absolute atomic E-state index is 0.119. The van der Waals surface area contributed by atoms with Gasteiger partial charge in [-0.05, 0) is 49.2 Å².